The summed E-state index contributed by atoms with van der Waals surface area (Å²) < 4.78 is 3.98. The predicted molar refractivity (Wildman–Crippen MR) is 147 cm³/mol. The number of aromatic amines is 1. The minimum Gasteiger partial charge on any atom is -0.371 e. The molecule has 0 unspecified atom stereocenters. The molecule has 4 aromatic heterocycles. The molecule has 1 aliphatic carbocycles. The highest BCUT2D eigenvalue weighted by atomic mass is 35.5. The van der Waals surface area contributed by atoms with E-state index in [4.69, 9.17) is 4.98 Å². The maximum atomic E-state index is 4.80. The Labute approximate surface area is 221 Å². The first-order valence-electron chi connectivity index (χ1n) is 13.1. The lowest BCUT2D eigenvalue weighted by molar-refractivity contribution is 0.301. The molecule has 2 N–H and O–H groups in total. The fraction of sp³-hybridized carbons (Fsp3) is 0.407. The summed E-state index contributed by atoms with van der Waals surface area (Å²) in [6.07, 6.45) is 14.8. The Morgan fingerprint density at radius 3 is 2.76 bits per heavy atom. The molecule has 5 aromatic rings. The maximum Gasteiger partial charge on any atom is 0.137 e. The summed E-state index contributed by atoms with van der Waals surface area (Å²) in [6.45, 7) is 4.78. The van der Waals surface area contributed by atoms with E-state index in [0.29, 0.717) is 6.54 Å². The fourth-order valence-corrected chi connectivity index (χ4v) is 5.46. The summed E-state index contributed by atoms with van der Waals surface area (Å²) in [5.74, 6) is 0.869. The number of halogens is 1. The summed E-state index contributed by atoms with van der Waals surface area (Å²) in [4.78, 5) is 7.23. The molecule has 0 atom stereocenters. The molecule has 1 saturated carbocycles. The van der Waals surface area contributed by atoms with Crippen LogP contribution in [0.4, 0.5) is 5.69 Å². The first kappa shape index (κ1) is 23.9. The Morgan fingerprint density at radius 1 is 1.03 bits per heavy atom. The summed E-state index contributed by atoms with van der Waals surface area (Å²) in [5.41, 5.74) is 7.34. The molecule has 2 aliphatic rings. The first-order chi connectivity index (χ1) is 17.8. The number of nitrogens with one attached hydrogen (secondary N) is 2. The number of imidazole rings is 1. The molecule has 0 amide bonds. The normalized spacial score (nSPS) is 15.9. The van der Waals surface area contributed by atoms with Crippen molar-refractivity contribution in [2.45, 2.75) is 45.2 Å². The van der Waals surface area contributed by atoms with Crippen molar-refractivity contribution in [3.05, 3.63) is 60.3 Å². The van der Waals surface area contributed by atoms with Crippen LogP contribution in [0.3, 0.4) is 0 Å². The Hall–Kier alpha value is -3.43. The van der Waals surface area contributed by atoms with Crippen LogP contribution in [0.15, 0.2) is 49.1 Å². The van der Waals surface area contributed by atoms with Crippen LogP contribution in [0.5, 0.6) is 0 Å². The third kappa shape index (κ3) is 4.81. The Kier molecular flexibility index (Phi) is 6.56. The van der Waals surface area contributed by atoms with Gasteiger partial charge in [0.25, 0.3) is 0 Å². The second-order valence-electron chi connectivity index (χ2n) is 10.3. The van der Waals surface area contributed by atoms with Gasteiger partial charge >= 0.3 is 0 Å². The van der Waals surface area contributed by atoms with E-state index in [1.165, 1.54) is 43.4 Å². The predicted octanol–water partition coefficient (Wildman–Crippen LogP) is 4.43. The van der Waals surface area contributed by atoms with Crippen LogP contribution in [-0.2, 0) is 13.1 Å². The van der Waals surface area contributed by atoms with Crippen LogP contribution in [0.2, 0.25) is 0 Å². The van der Waals surface area contributed by atoms with Crippen molar-refractivity contribution < 1.29 is 0 Å². The molecule has 7 rings (SSSR count). The smallest absolute Gasteiger partial charge is 0.137 e. The van der Waals surface area contributed by atoms with Crippen molar-refractivity contribution in [3.63, 3.8) is 0 Å². The Morgan fingerprint density at radius 2 is 1.92 bits per heavy atom. The fourth-order valence-electron chi connectivity index (χ4n) is 5.46. The molecule has 37 heavy (non-hydrogen) atoms. The molecular formula is C27H32ClN9. The zero-order chi connectivity index (χ0) is 23.9. The standard InChI is InChI=1S/C27H31N9.ClH/c1-2-9-34(8-1)22-10-23(24-14-29-31-25(24)11-22)26-18-36(33-32-26)17-21-16-35-15-20(6-7-27(35)30-21)13-28-12-19-4-3-5-19;/h6-7,10-11,14-16,18-19,28H,1-5,8-9,12-13,17H2,(H,29,31);1H. The summed E-state index contributed by atoms with van der Waals surface area (Å²) in [6, 6.07) is 8.67. The zero-order valence-corrected chi connectivity index (χ0v) is 21.6. The van der Waals surface area contributed by atoms with Crippen molar-refractivity contribution in [2.24, 2.45) is 5.92 Å². The number of benzene rings is 1. The Bertz CT molecular complexity index is 1510. The van der Waals surface area contributed by atoms with Gasteiger partial charge in [0.05, 0.1) is 30.1 Å². The van der Waals surface area contributed by atoms with Gasteiger partial charge in [-0.1, -0.05) is 17.7 Å². The van der Waals surface area contributed by atoms with Crippen molar-refractivity contribution in [1.29, 1.82) is 0 Å². The van der Waals surface area contributed by atoms with Gasteiger partial charge < -0.3 is 14.6 Å². The van der Waals surface area contributed by atoms with Gasteiger partial charge in [0.15, 0.2) is 0 Å². The van der Waals surface area contributed by atoms with E-state index in [0.717, 1.165) is 65.6 Å². The van der Waals surface area contributed by atoms with Gasteiger partial charge in [-0.3, -0.25) is 5.10 Å². The van der Waals surface area contributed by atoms with Crippen LogP contribution < -0.4 is 10.2 Å². The third-order valence-electron chi connectivity index (χ3n) is 7.70. The largest absolute Gasteiger partial charge is 0.371 e. The van der Waals surface area contributed by atoms with Gasteiger partial charge in [-0.25, -0.2) is 9.67 Å². The van der Waals surface area contributed by atoms with E-state index in [2.05, 4.69) is 71.8 Å². The monoisotopic (exact) mass is 517 g/mol. The minimum atomic E-state index is 0. The van der Waals surface area contributed by atoms with Gasteiger partial charge in [0, 0.05) is 48.7 Å². The van der Waals surface area contributed by atoms with Crippen LogP contribution >= 0.6 is 12.4 Å². The van der Waals surface area contributed by atoms with Gasteiger partial charge in [0.2, 0.25) is 0 Å². The number of pyridine rings is 1. The minimum absolute atomic E-state index is 0. The molecule has 0 radical (unpaired) electrons. The summed E-state index contributed by atoms with van der Waals surface area (Å²) >= 11 is 0. The van der Waals surface area contributed by atoms with E-state index in [-0.39, 0.29) is 12.4 Å². The van der Waals surface area contributed by atoms with E-state index >= 15 is 0 Å². The number of H-pyrrole nitrogens is 1. The van der Waals surface area contributed by atoms with Gasteiger partial charge in [0.1, 0.15) is 11.3 Å². The lowest BCUT2D eigenvalue weighted by atomic mass is 9.85. The average molecular weight is 518 g/mol. The van der Waals surface area contributed by atoms with Crippen LogP contribution in [0, 0.1) is 5.92 Å². The number of aromatic nitrogens is 7. The van der Waals surface area contributed by atoms with Gasteiger partial charge in [-0.15, -0.1) is 17.5 Å². The van der Waals surface area contributed by atoms with Crippen molar-refractivity contribution >= 4 is 34.6 Å². The lowest BCUT2D eigenvalue weighted by Gasteiger charge is -2.25. The van der Waals surface area contributed by atoms with Crippen molar-refractivity contribution in [3.8, 4) is 11.3 Å². The van der Waals surface area contributed by atoms with Gasteiger partial charge in [-0.05, 0) is 61.9 Å². The highest BCUT2D eigenvalue weighted by Crippen LogP contribution is 2.33. The van der Waals surface area contributed by atoms with E-state index in [1.807, 2.05) is 17.1 Å². The van der Waals surface area contributed by atoms with Crippen LogP contribution in [0.25, 0.3) is 27.8 Å². The van der Waals surface area contributed by atoms with E-state index < -0.39 is 0 Å². The zero-order valence-electron chi connectivity index (χ0n) is 20.8. The SMILES string of the molecule is Cl.c1cc2nc(Cn3cc(-c4cc(N5CCCC5)cc5[nH]ncc45)nn3)cn2cc1CNCC1CCC1. The molecule has 9 nitrogen and oxygen atoms in total. The molecule has 5 heterocycles. The molecule has 10 heteroatoms. The molecule has 1 aromatic carbocycles. The second kappa shape index (κ2) is 10.1. The number of hydrogen-bond donors (Lipinski definition) is 2. The number of hydrogen-bond acceptors (Lipinski definition) is 6. The molecule has 2 fully saturated rings. The van der Waals surface area contributed by atoms with E-state index in [1.54, 1.807) is 0 Å². The third-order valence-corrected chi connectivity index (χ3v) is 7.70. The Balaban J connectivity index is 0.00000252. The number of nitrogens with zero attached hydrogens (tertiary/aromatic N) is 7. The van der Waals surface area contributed by atoms with Crippen LogP contribution in [-0.4, -0.2) is 54.2 Å². The van der Waals surface area contributed by atoms with Crippen molar-refractivity contribution in [1.82, 2.24) is 39.9 Å². The molecule has 0 bridgehead atoms. The first-order valence-corrected chi connectivity index (χ1v) is 13.1. The summed E-state index contributed by atoms with van der Waals surface area (Å²) in [7, 11) is 0. The number of fused-ring (bicyclic) bond motifs is 2. The molecule has 192 valence electrons. The average Bonchev–Trinajstić information content (AvgIpc) is 3.66. The van der Waals surface area contributed by atoms with Crippen molar-refractivity contribution in [2.75, 3.05) is 24.5 Å². The highest BCUT2D eigenvalue weighted by Gasteiger charge is 2.18. The highest BCUT2D eigenvalue weighted by molar-refractivity contribution is 5.96. The molecule has 1 aliphatic heterocycles. The molecule has 1 saturated heterocycles. The number of anilines is 1. The van der Waals surface area contributed by atoms with Crippen LogP contribution in [0.1, 0.15) is 43.4 Å². The molecule has 0 spiro atoms. The second-order valence-corrected chi connectivity index (χ2v) is 10.3. The maximum absolute atomic E-state index is 4.80. The topological polar surface area (TPSA) is 92.0 Å². The molecular weight excluding hydrogens is 486 g/mol. The quantitative estimate of drug-likeness (QED) is 0.316. The number of rotatable bonds is 8. The van der Waals surface area contributed by atoms with Gasteiger partial charge in [-0.2, -0.15) is 5.10 Å². The summed E-state index contributed by atoms with van der Waals surface area (Å²) in [5, 5.41) is 21.0. The van der Waals surface area contributed by atoms with E-state index in [9.17, 15) is 0 Å². The lowest BCUT2D eigenvalue weighted by Crippen LogP contribution is -2.26.